The number of hydrogen-bond donors (Lipinski definition) is 0. The van der Waals surface area contributed by atoms with E-state index in [9.17, 15) is 0 Å². The van der Waals surface area contributed by atoms with E-state index in [-0.39, 0.29) is 0 Å². The molecule has 66 valence electrons. The van der Waals surface area contributed by atoms with Crippen molar-refractivity contribution in [1.29, 1.82) is 0 Å². The molecule has 2 rings (SSSR count). The highest BCUT2D eigenvalue weighted by Crippen LogP contribution is 2.14. The van der Waals surface area contributed by atoms with E-state index in [1.807, 2.05) is 26.1 Å². The quantitative estimate of drug-likeness (QED) is 0.652. The lowest BCUT2D eigenvalue weighted by molar-refractivity contribution is 0.772. The molecule has 2 heterocycles. The third-order valence-electron chi connectivity index (χ3n) is 1.89. The Bertz CT molecular complexity index is 419. The average molecular weight is 174 g/mol. The maximum absolute atomic E-state index is 4.17. The molecule has 0 radical (unpaired) electrons. The Kier molecular flexibility index (Phi) is 1.81. The minimum atomic E-state index is 0.910. The van der Waals surface area contributed by atoms with Crippen LogP contribution >= 0.6 is 0 Å². The van der Waals surface area contributed by atoms with Gasteiger partial charge in [-0.1, -0.05) is 0 Å². The summed E-state index contributed by atoms with van der Waals surface area (Å²) in [6, 6.07) is 3.87. The summed E-state index contributed by atoms with van der Waals surface area (Å²) in [6.45, 7) is 1.95. The largest absolute Gasteiger partial charge is 0.266 e. The van der Waals surface area contributed by atoms with Crippen LogP contribution in [-0.4, -0.2) is 19.7 Å². The third kappa shape index (κ3) is 1.42. The van der Waals surface area contributed by atoms with E-state index in [0.717, 1.165) is 17.1 Å². The lowest BCUT2D eigenvalue weighted by Crippen LogP contribution is -1.96. The minimum Gasteiger partial charge on any atom is -0.266 e. The standard InChI is InChI=1S/C9H10N4/c1-7-5-8(11-6-10-7)9-3-4-12-13(9)2/h3-6H,1-2H3. The smallest absolute Gasteiger partial charge is 0.116 e. The molecule has 0 saturated heterocycles. The number of hydrogen-bond acceptors (Lipinski definition) is 3. The first-order valence-electron chi connectivity index (χ1n) is 4.04. The fraction of sp³-hybridized carbons (Fsp3) is 0.222. The van der Waals surface area contributed by atoms with E-state index in [4.69, 9.17) is 0 Å². The molecule has 0 aromatic carbocycles. The molecule has 0 unspecified atom stereocenters. The van der Waals surface area contributed by atoms with Crippen LogP contribution in [0.5, 0.6) is 0 Å². The summed E-state index contributed by atoms with van der Waals surface area (Å²) in [5.74, 6) is 0. The second-order valence-electron chi connectivity index (χ2n) is 2.88. The Balaban J connectivity index is 2.53. The van der Waals surface area contributed by atoms with Crippen LogP contribution in [0, 0.1) is 6.92 Å². The van der Waals surface area contributed by atoms with Crippen molar-refractivity contribution >= 4 is 0 Å². The highest BCUT2D eigenvalue weighted by atomic mass is 15.3. The Labute approximate surface area is 76.3 Å². The van der Waals surface area contributed by atoms with Gasteiger partial charge in [-0.25, -0.2) is 9.97 Å². The Morgan fingerprint density at radius 2 is 2.15 bits per heavy atom. The summed E-state index contributed by atoms with van der Waals surface area (Å²) in [7, 11) is 1.90. The normalized spacial score (nSPS) is 10.3. The Morgan fingerprint density at radius 3 is 2.77 bits per heavy atom. The van der Waals surface area contributed by atoms with Crippen LogP contribution < -0.4 is 0 Å². The van der Waals surface area contributed by atoms with Crippen molar-refractivity contribution in [2.75, 3.05) is 0 Å². The summed E-state index contributed by atoms with van der Waals surface area (Å²) in [4.78, 5) is 8.21. The zero-order valence-corrected chi connectivity index (χ0v) is 7.60. The highest BCUT2D eigenvalue weighted by molar-refractivity contribution is 5.53. The van der Waals surface area contributed by atoms with E-state index < -0.39 is 0 Å². The maximum Gasteiger partial charge on any atom is 0.116 e. The summed E-state index contributed by atoms with van der Waals surface area (Å²) in [5, 5.41) is 4.08. The van der Waals surface area contributed by atoms with E-state index in [0.29, 0.717) is 0 Å². The van der Waals surface area contributed by atoms with Crippen LogP contribution in [0.4, 0.5) is 0 Å². The monoisotopic (exact) mass is 174 g/mol. The molecule has 0 spiro atoms. The van der Waals surface area contributed by atoms with Crippen molar-refractivity contribution in [3.05, 3.63) is 30.4 Å². The van der Waals surface area contributed by atoms with Gasteiger partial charge < -0.3 is 0 Å². The highest BCUT2D eigenvalue weighted by Gasteiger charge is 2.03. The lowest BCUT2D eigenvalue weighted by Gasteiger charge is -2.00. The van der Waals surface area contributed by atoms with Gasteiger partial charge in [-0.05, 0) is 19.1 Å². The van der Waals surface area contributed by atoms with E-state index >= 15 is 0 Å². The van der Waals surface area contributed by atoms with E-state index in [2.05, 4.69) is 15.1 Å². The van der Waals surface area contributed by atoms with Crippen molar-refractivity contribution < 1.29 is 0 Å². The van der Waals surface area contributed by atoms with Crippen LogP contribution in [0.25, 0.3) is 11.4 Å². The number of rotatable bonds is 1. The summed E-state index contributed by atoms with van der Waals surface area (Å²) >= 11 is 0. The van der Waals surface area contributed by atoms with Crippen molar-refractivity contribution in [1.82, 2.24) is 19.7 Å². The van der Waals surface area contributed by atoms with Crippen molar-refractivity contribution in [2.45, 2.75) is 6.92 Å². The molecule has 0 saturated carbocycles. The average Bonchev–Trinajstić information content (AvgIpc) is 2.51. The molecular formula is C9H10N4. The van der Waals surface area contributed by atoms with Crippen molar-refractivity contribution in [3.8, 4) is 11.4 Å². The summed E-state index contributed by atoms with van der Waals surface area (Å²) in [5.41, 5.74) is 2.88. The van der Waals surface area contributed by atoms with E-state index in [1.165, 1.54) is 0 Å². The van der Waals surface area contributed by atoms with Gasteiger partial charge >= 0.3 is 0 Å². The van der Waals surface area contributed by atoms with Gasteiger partial charge in [0.1, 0.15) is 6.33 Å². The molecule has 13 heavy (non-hydrogen) atoms. The maximum atomic E-state index is 4.17. The SMILES string of the molecule is Cc1cc(-c2ccnn2C)ncn1. The number of aryl methyl sites for hydroxylation is 2. The fourth-order valence-corrected chi connectivity index (χ4v) is 1.22. The van der Waals surface area contributed by atoms with Crippen LogP contribution in [0.1, 0.15) is 5.69 Å². The van der Waals surface area contributed by atoms with Crippen LogP contribution in [0.2, 0.25) is 0 Å². The molecule has 0 aliphatic heterocycles. The molecular weight excluding hydrogens is 164 g/mol. The topological polar surface area (TPSA) is 43.6 Å². The van der Waals surface area contributed by atoms with Crippen molar-refractivity contribution in [2.24, 2.45) is 7.05 Å². The van der Waals surface area contributed by atoms with Crippen molar-refractivity contribution in [3.63, 3.8) is 0 Å². The second-order valence-corrected chi connectivity index (χ2v) is 2.88. The first-order valence-corrected chi connectivity index (χ1v) is 4.04. The second kappa shape index (κ2) is 2.97. The minimum absolute atomic E-state index is 0.910. The molecule has 2 aromatic heterocycles. The van der Waals surface area contributed by atoms with Crippen LogP contribution in [-0.2, 0) is 7.05 Å². The molecule has 0 aliphatic rings. The molecule has 2 aromatic rings. The first kappa shape index (κ1) is 7.91. The molecule has 4 heteroatoms. The Morgan fingerprint density at radius 1 is 1.31 bits per heavy atom. The molecule has 0 bridgehead atoms. The van der Waals surface area contributed by atoms with E-state index in [1.54, 1.807) is 17.2 Å². The molecule has 0 N–H and O–H groups in total. The zero-order chi connectivity index (χ0) is 9.26. The fourth-order valence-electron chi connectivity index (χ4n) is 1.22. The lowest BCUT2D eigenvalue weighted by atomic mass is 10.2. The van der Waals surface area contributed by atoms with Gasteiger partial charge in [0.2, 0.25) is 0 Å². The van der Waals surface area contributed by atoms with Gasteiger partial charge in [0.15, 0.2) is 0 Å². The Hall–Kier alpha value is -1.71. The first-order chi connectivity index (χ1) is 6.27. The molecule has 4 nitrogen and oxygen atoms in total. The molecule has 0 aliphatic carbocycles. The van der Waals surface area contributed by atoms with Crippen LogP contribution in [0.15, 0.2) is 24.7 Å². The van der Waals surface area contributed by atoms with Gasteiger partial charge in [-0.3, -0.25) is 4.68 Å². The third-order valence-corrected chi connectivity index (χ3v) is 1.89. The molecule has 0 amide bonds. The van der Waals surface area contributed by atoms with Crippen LogP contribution in [0.3, 0.4) is 0 Å². The molecule has 0 atom stereocenters. The summed E-state index contributed by atoms with van der Waals surface area (Å²) < 4.78 is 1.79. The summed E-state index contributed by atoms with van der Waals surface area (Å²) in [6.07, 6.45) is 3.32. The zero-order valence-electron chi connectivity index (χ0n) is 7.60. The van der Waals surface area contributed by atoms with Gasteiger partial charge in [0.05, 0.1) is 11.4 Å². The molecule has 0 fully saturated rings. The van der Waals surface area contributed by atoms with Gasteiger partial charge in [-0.15, -0.1) is 0 Å². The predicted molar refractivity (Wildman–Crippen MR) is 49.0 cm³/mol. The number of nitrogens with zero attached hydrogens (tertiary/aromatic N) is 4. The van der Waals surface area contributed by atoms with Gasteiger partial charge in [0.25, 0.3) is 0 Å². The van der Waals surface area contributed by atoms with Gasteiger partial charge in [0, 0.05) is 18.9 Å². The predicted octanol–water partition coefficient (Wildman–Crippen LogP) is 1.19. The number of aromatic nitrogens is 4. The van der Waals surface area contributed by atoms with Gasteiger partial charge in [-0.2, -0.15) is 5.10 Å².